The summed E-state index contributed by atoms with van der Waals surface area (Å²) in [5.41, 5.74) is 5.36. The van der Waals surface area contributed by atoms with Crippen LogP contribution in [0.15, 0.2) is 0 Å². The molecule has 2 saturated carbocycles. The molecule has 0 aromatic carbocycles. The van der Waals surface area contributed by atoms with Gasteiger partial charge in [-0.2, -0.15) is 0 Å². The summed E-state index contributed by atoms with van der Waals surface area (Å²) in [5, 5.41) is 3.03. The van der Waals surface area contributed by atoms with Crippen LogP contribution in [0.4, 0.5) is 0 Å². The van der Waals surface area contributed by atoms with E-state index in [9.17, 15) is 9.59 Å². The summed E-state index contributed by atoms with van der Waals surface area (Å²) in [6.45, 7) is 10.1. The summed E-state index contributed by atoms with van der Waals surface area (Å²) in [5.74, 6) is 1.25. The van der Waals surface area contributed by atoms with Crippen LogP contribution in [0.25, 0.3) is 0 Å². The standard InChI is InChI=1S/C20H35N3O2/c1-12(16-9-13-6-7-14(16)8-13)22-17(24)18(25)23-19(2,3)10-15(21)11-20(23,4)5/h12-16H,6-11,21H2,1-5H3,(H,22,24). The van der Waals surface area contributed by atoms with Crippen molar-refractivity contribution in [1.82, 2.24) is 10.2 Å². The number of amides is 2. The molecule has 1 heterocycles. The largest absolute Gasteiger partial charge is 0.345 e. The van der Waals surface area contributed by atoms with Crippen LogP contribution < -0.4 is 11.1 Å². The molecule has 4 atom stereocenters. The van der Waals surface area contributed by atoms with Crippen LogP contribution in [0, 0.1) is 17.8 Å². The number of likely N-dealkylation sites (tertiary alicyclic amines) is 1. The molecule has 5 heteroatoms. The number of piperidine rings is 1. The first-order chi connectivity index (χ1) is 11.5. The zero-order valence-corrected chi connectivity index (χ0v) is 16.5. The van der Waals surface area contributed by atoms with Crippen molar-refractivity contribution in [2.24, 2.45) is 23.5 Å². The Bertz CT molecular complexity index is 539. The fourth-order valence-corrected chi connectivity index (χ4v) is 6.29. The molecule has 2 aliphatic carbocycles. The second-order valence-corrected chi connectivity index (χ2v) is 10.0. The van der Waals surface area contributed by atoms with E-state index in [2.05, 4.69) is 12.2 Å². The van der Waals surface area contributed by atoms with Gasteiger partial charge in [-0.1, -0.05) is 6.42 Å². The van der Waals surface area contributed by atoms with Crippen molar-refractivity contribution >= 4 is 11.8 Å². The Labute approximate surface area is 152 Å². The van der Waals surface area contributed by atoms with Gasteiger partial charge in [-0.15, -0.1) is 0 Å². The molecule has 0 radical (unpaired) electrons. The van der Waals surface area contributed by atoms with Gasteiger partial charge in [0.05, 0.1) is 0 Å². The fraction of sp³-hybridized carbons (Fsp3) is 0.900. The Morgan fingerprint density at radius 3 is 2.16 bits per heavy atom. The fourth-order valence-electron chi connectivity index (χ4n) is 6.29. The van der Waals surface area contributed by atoms with E-state index in [0.717, 1.165) is 24.7 Å². The van der Waals surface area contributed by atoms with Gasteiger partial charge in [-0.05, 0) is 84.5 Å². The number of carbonyl (C=O) groups is 2. The molecule has 3 N–H and O–H groups in total. The van der Waals surface area contributed by atoms with Gasteiger partial charge in [0, 0.05) is 23.2 Å². The summed E-state index contributed by atoms with van der Waals surface area (Å²) in [4.78, 5) is 27.5. The third kappa shape index (κ3) is 3.44. The van der Waals surface area contributed by atoms with Gasteiger partial charge in [0.25, 0.3) is 0 Å². The van der Waals surface area contributed by atoms with Crippen molar-refractivity contribution < 1.29 is 9.59 Å². The third-order valence-electron chi connectivity index (χ3n) is 6.93. The van der Waals surface area contributed by atoms with Gasteiger partial charge in [-0.3, -0.25) is 9.59 Å². The number of nitrogens with two attached hydrogens (primary N) is 1. The predicted octanol–water partition coefficient (Wildman–Crippen LogP) is 2.43. The monoisotopic (exact) mass is 349 g/mol. The number of hydrogen-bond donors (Lipinski definition) is 2. The zero-order chi connectivity index (χ0) is 18.6. The molecule has 2 amide bonds. The molecule has 25 heavy (non-hydrogen) atoms. The number of carbonyl (C=O) groups excluding carboxylic acids is 2. The van der Waals surface area contributed by atoms with Crippen molar-refractivity contribution in [1.29, 1.82) is 0 Å². The average Bonchev–Trinajstić information content (AvgIpc) is 3.06. The van der Waals surface area contributed by atoms with Crippen molar-refractivity contribution in [2.45, 2.75) is 96.3 Å². The van der Waals surface area contributed by atoms with Gasteiger partial charge in [0.1, 0.15) is 0 Å². The molecule has 1 saturated heterocycles. The molecule has 5 nitrogen and oxygen atoms in total. The first-order valence-corrected chi connectivity index (χ1v) is 9.92. The lowest BCUT2D eigenvalue weighted by molar-refractivity contribution is -0.159. The molecule has 1 aliphatic heterocycles. The number of nitrogens with zero attached hydrogens (tertiary/aromatic N) is 1. The highest BCUT2D eigenvalue weighted by Gasteiger charge is 2.49. The normalized spacial score (nSPS) is 34.8. The number of nitrogens with one attached hydrogen (secondary N) is 1. The van der Waals surface area contributed by atoms with Gasteiger partial charge >= 0.3 is 11.8 Å². The summed E-state index contributed by atoms with van der Waals surface area (Å²) >= 11 is 0. The summed E-state index contributed by atoms with van der Waals surface area (Å²) < 4.78 is 0. The SMILES string of the molecule is CC(NC(=O)C(=O)N1C(C)(C)CC(N)CC1(C)C)C1CC2CCC1C2. The molecule has 142 valence electrons. The van der Waals surface area contributed by atoms with E-state index in [1.54, 1.807) is 4.90 Å². The number of hydrogen-bond acceptors (Lipinski definition) is 3. The van der Waals surface area contributed by atoms with E-state index >= 15 is 0 Å². The van der Waals surface area contributed by atoms with Crippen molar-refractivity contribution in [2.75, 3.05) is 0 Å². The first kappa shape index (κ1) is 18.7. The molecule has 3 rings (SSSR count). The van der Waals surface area contributed by atoms with Gasteiger partial charge in [-0.25, -0.2) is 0 Å². The van der Waals surface area contributed by atoms with Crippen molar-refractivity contribution in [3.63, 3.8) is 0 Å². The highest BCUT2D eigenvalue weighted by Crippen LogP contribution is 2.49. The van der Waals surface area contributed by atoms with Crippen molar-refractivity contribution in [3.8, 4) is 0 Å². The van der Waals surface area contributed by atoms with Crippen LogP contribution >= 0.6 is 0 Å². The Kier molecular flexibility index (Phi) is 4.68. The average molecular weight is 350 g/mol. The summed E-state index contributed by atoms with van der Waals surface area (Å²) in [7, 11) is 0. The summed E-state index contributed by atoms with van der Waals surface area (Å²) in [6.07, 6.45) is 6.58. The maximum absolute atomic E-state index is 13.0. The molecular weight excluding hydrogens is 314 g/mol. The molecule has 0 spiro atoms. The molecule has 2 bridgehead atoms. The minimum atomic E-state index is -0.452. The van der Waals surface area contributed by atoms with E-state index in [-0.39, 0.29) is 12.1 Å². The number of fused-ring (bicyclic) bond motifs is 2. The molecule has 0 aromatic heterocycles. The Hall–Kier alpha value is -1.10. The molecule has 3 fully saturated rings. The van der Waals surface area contributed by atoms with E-state index < -0.39 is 22.9 Å². The lowest BCUT2D eigenvalue weighted by Gasteiger charge is -2.54. The van der Waals surface area contributed by atoms with Crippen LogP contribution in [0.2, 0.25) is 0 Å². The first-order valence-electron chi connectivity index (χ1n) is 9.92. The van der Waals surface area contributed by atoms with Crippen LogP contribution in [0.1, 0.15) is 73.1 Å². The van der Waals surface area contributed by atoms with E-state index in [1.807, 2.05) is 27.7 Å². The molecule has 0 aromatic rings. The van der Waals surface area contributed by atoms with Gasteiger partial charge in [0.2, 0.25) is 0 Å². The third-order valence-corrected chi connectivity index (χ3v) is 6.93. The Morgan fingerprint density at radius 2 is 1.68 bits per heavy atom. The Morgan fingerprint density at radius 1 is 1.08 bits per heavy atom. The van der Waals surface area contributed by atoms with Crippen molar-refractivity contribution in [3.05, 3.63) is 0 Å². The Balaban J connectivity index is 1.68. The lowest BCUT2D eigenvalue weighted by Crippen LogP contribution is -2.67. The quantitative estimate of drug-likeness (QED) is 0.752. The highest BCUT2D eigenvalue weighted by atomic mass is 16.2. The number of rotatable bonds is 2. The lowest BCUT2D eigenvalue weighted by atomic mass is 9.77. The maximum Gasteiger partial charge on any atom is 0.312 e. The predicted molar refractivity (Wildman–Crippen MR) is 98.8 cm³/mol. The van der Waals surface area contributed by atoms with Crippen LogP contribution in [-0.4, -0.2) is 39.9 Å². The smallest absolute Gasteiger partial charge is 0.312 e. The molecular formula is C20H35N3O2. The topological polar surface area (TPSA) is 75.4 Å². The minimum Gasteiger partial charge on any atom is -0.345 e. The van der Waals surface area contributed by atoms with E-state index in [0.29, 0.717) is 5.92 Å². The second kappa shape index (κ2) is 6.26. The maximum atomic E-state index is 13.0. The van der Waals surface area contributed by atoms with E-state index in [1.165, 1.54) is 25.7 Å². The van der Waals surface area contributed by atoms with Gasteiger partial charge in [0.15, 0.2) is 0 Å². The van der Waals surface area contributed by atoms with E-state index in [4.69, 9.17) is 5.73 Å². The molecule has 3 aliphatic rings. The van der Waals surface area contributed by atoms with Crippen LogP contribution in [0.5, 0.6) is 0 Å². The highest BCUT2D eigenvalue weighted by molar-refractivity contribution is 6.35. The zero-order valence-electron chi connectivity index (χ0n) is 16.5. The van der Waals surface area contributed by atoms with Crippen LogP contribution in [-0.2, 0) is 9.59 Å². The molecule has 4 unspecified atom stereocenters. The van der Waals surface area contributed by atoms with Crippen LogP contribution in [0.3, 0.4) is 0 Å². The minimum absolute atomic E-state index is 0.0603. The van der Waals surface area contributed by atoms with Gasteiger partial charge < -0.3 is 16.0 Å². The second-order valence-electron chi connectivity index (χ2n) is 10.0. The summed E-state index contributed by atoms with van der Waals surface area (Å²) in [6, 6.07) is 0.134.